The molecule has 2 aromatic heterocycles. The molecule has 0 aliphatic rings. The van der Waals surface area contributed by atoms with E-state index in [-0.39, 0.29) is 6.04 Å². The zero-order chi connectivity index (χ0) is 13.1. The van der Waals surface area contributed by atoms with Crippen LogP contribution in [0.4, 0.5) is 0 Å². The molecule has 0 bridgehead atoms. The van der Waals surface area contributed by atoms with E-state index in [0.29, 0.717) is 6.54 Å². The van der Waals surface area contributed by atoms with Gasteiger partial charge in [0, 0.05) is 18.0 Å². The molecule has 0 spiro atoms. The number of likely N-dealkylation sites (N-methyl/N-ethyl adjacent to an activating group) is 1. The summed E-state index contributed by atoms with van der Waals surface area (Å²) >= 11 is 7.53. The largest absolute Gasteiger partial charge is 0.465 e. The summed E-state index contributed by atoms with van der Waals surface area (Å²) in [7, 11) is 2.04. The van der Waals surface area contributed by atoms with Gasteiger partial charge in [-0.15, -0.1) is 11.3 Å². The van der Waals surface area contributed by atoms with Crippen molar-refractivity contribution < 1.29 is 4.42 Å². The lowest BCUT2D eigenvalue weighted by atomic mass is 10.2. The molecule has 2 heterocycles. The zero-order valence-corrected chi connectivity index (χ0v) is 12.1. The van der Waals surface area contributed by atoms with E-state index >= 15 is 0 Å². The fourth-order valence-corrected chi connectivity index (χ4v) is 3.09. The minimum atomic E-state index is 0.0968. The van der Waals surface area contributed by atoms with Gasteiger partial charge in [-0.05, 0) is 38.2 Å². The molecular weight excluding hydrogens is 268 g/mol. The molecule has 0 saturated heterocycles. The maximum Gasteiger partial charge on any atom is 0.122 e. The summed E-state index contributed by atoms with van der Waals surface area (Å²) in [5, 5.41) is 0. The third-order valence-electron chi connectivity index (χ3n) is 2.88. The van der Waals surface area contributed by atoms with Crippen LogP contribution in [0.5, 0.6) is 0 Å². The first-order valence-electron chi connectivity index (χ1n) is 5.81. The smallest absolute Gasteiger partial charge is 0.122 e. The molecule has 18 heavy (non-hydrogen) atoms. The molecule has 0 aliphatic carbocycles. The summed E-state index contributed by atoms with van der Waals surface area (Å²) in [6.45, 7) is 3.29. The van der Waals surface area contributed by atoms with Crippen LogP contribution in [0.3, 0.4) is 0 Å². The van der Waals surface area contributed by atoms with Gasteiger partial charge >= 0.3 is 0 Å². The van der Waals surface area contributed by atoms with Crippen molar-refractivity contribution in [3.05, 3.63) is 45.0 Å². The number of furan rings is 1. The predicted molar refractivity (Wildman–Crippen MR) is 76.0 cm³/mol. The van der Waals surface area contributed by atoms with Gasteiger partial charge in [0.25, 0.3) is 0 Å². The van der Waals surface area contributed by atoms with Crippen molar-refractivity contribution in [2.24, 2.45) is 5.73 Å². The Bertz CT molecular complexity index is 509. The van der Waals surface area contributed by atoms with E-state index in [4.69, 9.17) is 21.8 Å². The van der Waals surface area contributed by atoms with Crippen LogP contribution in [0.1, 0.15) is 22.4 Å². The molecule has 0 saturated carbocycles. The highest BCUT2D eigenvalue weighted by Gasteiger charge is 2.19. The van der Waals surface area contributed by atoms with Crippen molar-refractivity contribution in [2.45, 2.75) is 19.5 Å². The molecule has 0 radical (unpaired) electrons. The molecule has 5 heteroatoms. The number of nitrogens with two attached hydrogens (primary N) is 1. The minimum absolute atomic E-state index is 0.0968. The number of hydrogen-bond donors (Lipinski definition) is 1. The summed E-state index contributed by atoms with van der Waals surface area (Å²) in [6.07, 6.45) is 0. The molecule has 98 valence electrons. The molecule has 0 aromatic carbocycles. The van der Waals surface area contributed by atoms with Gasteiger partial charge in [0.05, 0.1) is 10.4 Å². The second-order valence-electron chi connectivity index (χ2n) is 4.32. The Morgan fingerprint density at radius 3 is 2.67 bits per heavy atom. The molecule has 0 aliphatic heterocycles. The van der Waals surface area contributed by atoms with Crippen molar-refractivity contribution in [3.8, 4) is 0 Å². The van der Waals surface area contributed by atoms with Crippen molar-refractivity contribution in [1.82, 2.24) is 4.90 Å². The number of rotatable bonds is 5. The van der Waals surface area contributed by atoms with Crippen LogP contribution < -0.4 is 5.73 Å². The third-order valence-corrected chi connectivity index (χ3v) is 4.09. The Hall–Kier alpha value is -0.810. The van der Waals surface area contributed by atoms with Crippen LogP contribution in [-0.4, -0.2) is 18.5 Å². The lowest BCUT2D eigenvalue weighted by Gasteiger charge is -2.24. The van der Waals surface area contributed by atoms with E-state index in [1.165, 1.54) is 4.88 Å². The summed E-state index contributed by atoms with van der Waals surface area (Å²) in [5.74, 6) is 1.83. The average molecular weight is 285 g/mol. The fourth-order valence-electron chi connectivity index (χ4n) is 1.94. The van der Waals surface area contributed by atoms with Crippen LogP contribution in [0.25, 0.3) is 0 Å². The van der Waals surface area contributed by atoms with Crippen LogP contribution in [0, 0.1) is 6.92 Å². The molecule has 1 atom stereocenters. The first-order chi connectivity index (χ1) is 8.60. The van der Waals surface area contributed by atoms with E-state index in [9.17, 15) is 0 Å². The number of hydrogen-bond acceptors (Lipinski definition) is 4. The Labute approximate surface area is 116 Å². The van der Waals surface area contributed by atoms with Gasteiger partial charge in [-0.3, -0.25) is 4.90 Å². The van der Waals surface area contributed by atoms with Gasteiger partial charge in [0.1, 0.15) is 11.5 Å². The molecular formula is C13H17ClN2OS. The Morgan fingerprint density at radius 1 is 1.39 bits per heavy atom. The van der Waals surface area contributed by atoms with Gasteiger partial charge in [0.15, 0.2) is 0 Å². The predicted octanol–water partition coefficient (Wildman–Crippen LogP) is 3.43. The van der Waals surface area contributed by atoms with Gasteiger partial charge in [-0.2, -0.15) is 0 Å². The maximum atomic E-state index is 5.93. The van der Waals surface area contributed by atoms with Crippen molar-refractivity contribution in [1.29, 1.82) is 0 Å². The number of nitrogens with zero attached hydrogens (tertiary/aromatic N) is 1. The van der Waals surface area contributed by atoms with Crippen LogP contribution in [0.15, 0.2) is 28.7 Å². The van der Waals surface area contributed by atoms with Crippen LogP contribution in [0.2, 0.25) is 4.34 Å². The number of halogens is 1. The molecule has 2 N–H and O–H groups in total. The van der Waals surface area contributed by atoms with Crippen LogP contribution in [-0.2, 0) is 6.54 Å². The molecule has 2 aromatic rings. The minimum Gasteiger partial charge on any atom is -0.465 e. The highest BCUT2D eigenvalue weighted by molar-refractivity contribution is 7.16. The quantitative estimate of drug-likeness (QED) is 0.915. The maximum absolute atomic E-state index is 5.93. The SMILES string of the molecule is Cc1ccc(C(CN)N(C)Cc2ccc(Cl)s2)o1. The van der Waals surface area contributed by atoms with Gasteiger partial charge in [-0.25, -0.2) is 0 Å². The molecule has 0 fully saturated rings. The number of thiophene rings is 1. The molecule has 2 rings (SSSR count). The van der Waals surface area contributed by atoms with E-state index in [0.717, 1.165) is 22.4 Å². The van der Waals surface area contributed by atoms with Gasteiger partial charge < -0.3 is 10.2 Å². The second-order valence-corrected chi connectivity index (χ2v) is 6.12. The lowest BCUT2D eigenvalue weighted by molar-refractivity contribution is 0.213. The van der Waals surface area contributed by atoms with Crippen molar-refractivity contribution >= 4 is 22.9 Å². The topological polar surface area (TPSA) is 42.4 Å². The van der Waals surface area contributed by atoms with Gasteiger partial charge in [-0.1, -0.05) is 11.6 Å². The normalized spacial score (nSPS) is 13.2. The molecule has 0 amide bonds. The Balaban J connectivity index is 2.08. The fraction of sp³-hybridized carbons (Fsp3) is 0.385. The zero-order valence-electron chi connectivity index (χ0n) is 10.5. The standard InChI is InChI=1S/C13H17ClN2OS/c1-9-3-5-12(17-9)11(7-15)16(2)8-10-4-6-13(14)18-10/h3-6,11H,7-8,15H2,1-2H3. The van der Waals surface area contributed by atoms with Gasteiger partial charge in [0.2, 0.25) is 0 Å². The van der Waals surface area contributed by atoms with E-state index in [1.807, 2.05) is 38.2 Å². The summed E-state index contributed by atoms with van der Waals surface area (Å²) in [4.78, 5) is 3.41. The molecule has 1 unspecified atom stereocenters. The summed E-state index contributed by atoms with van der Waals surface area (Å²) < 4.78 is 6.47. The first kappa shape index (κ1) is 13.6. The highest BCUT2D eigenvalue weighted by atomic mass is 35.5. The second kappa shape index (κ2) is 5.89. The summed E-state index contributed by atoms with van der Waals surface area (Å²) in [6, 6.07) is 8.02. The Morgan fingerprint density at radius 2 is 2.17 bits per heavy atom. The van der Waals surface area contributed by atoms with E-state index < -0.39 is 0 Å². The van der Waals surface area contributed by atoms with Crippen molar-refractivity contribution in [3.63, 3.8) is 0 Å². The van der Waals surface area contributed by atoms with Crippen molar-refractivity contribution in [2.75, 3.05) is 13.6 Å². The molecule has 3 nitrogen and oxygen atoms in total. The monoisotopic (exact) mass is 284 g/mol. The summed E-state index contributed by atoms with van der Waals surface area (Å²) in [5.41, 5.74) is 5.85. The lowest BCUT2D eigenvalue weighted by Crippen LogP contribution is -2.29. The number of aryl methyl sites for hydroxylation is 1. The first-order valence-corrected chi connectivity index (χ1v) is 7.00. The third kappa shape index (κ3) is 3.14. The van der Waals surface area contributed by atoms with E-state index in [1.54, 1.807) is 11.3 Å². The van der Waals surface area contributed by atoms with E-state index in [2.05, 4.69) is 4.90 Å². The Kier molecular flexibility index (Phi) is 4.45. The van der Waals surface area contributed by atoms with Crippen LogP contribution >= 0.6 is 22.9 Å². The highest BCUT2D eigenvalue weighted by Crippen LogP contribution is 2.26. The average Bonchev–Trinajstić information content (AvgIpc) is 2.89.